The number of benzene rings is 2. The van der Waals surface area contributed by atoms with Crippen LogP contribution in [0, 0.1) is 15.9 Å². The van der Waals surface area contributed by atoms with E-state index in [1.807, 2.05) is 0 Å². The van der Waals surface area contributed by atoms with Crippen LogP contribution in [0.2, 0.25) is 0 Å². The minimum Gasteiger partial charge on any atom is -0.491 e. The standard InChI is InChI=1S/C22H25FN2O6/c1-22(2,16-3-5-17(23)6-4-16)31-21(26)19-8-7-18(25(27)28)15-20(19)30-14-11-24-9-12-29-13-10-24/h3-8,15H,9-14H2,1-2H3. The molecule has 0 atom stereocenters. The molecular formula is C22H25FN2O6. The smallest absolute Gasteiger partial charge is 0.342 e. The third-order valence-corrected chi connectivity index (χ3v) is 5.05. The maximum Gasteiger partial charge on any atom is 0.342 e. The number of carbonyl (C=O) groups excluding carboxylic acids is 1. The molecule has 8 nitrogen and oxygen atoms in total. The Morgan fingerprint density at radius 2 is 1.87 bits per heavy atom. The molecule has 1 fully saturated rings. The van der Waals surface area contributed by atoms with Crippen molar-refractivity contribution in [1.82, 2.24) is 4.90 Å². The molecule has 0 radical (unpaired) electrons. The molecule has 0 aromatic heterocycles. The molecular weight excluding hydrogens is 407 g/mol. The molecule has 31 heavy (non-hydrogen) atoms. The fraction of sp³-hybridized carbons (Fsp3) is 0.409. The van der Waals surface area contributed by atoms with Gasteiger partial charge in [-0.2, -0.15) is 0 Å². The van der Waals surface area contributed by atoms with E-state index >= 15 is 0 Å². The quantitative estimate of drug-likeness (QED) is 0.358. The Morgan fingerprint density at radius 1 is 1.19 bits per heavy atom. The van der Waals surface area contributed by atoms with E-state index in [0.29, 0.717) is 25.3 Å². The predicted molar refractivity (Wildman–Crippen MR) is 111 cm³/mol. The molecule has 3 rings (SSSR count). The van der Waals surface area contributed by atoms with Crippen LogP contribution in [0.4, 0.5) is 10.1 Å². The molecule has 166 valence electrons. The van der Waals surface area contributed by atoms with Gasteiger partial charge in [0.1, 0.15) is 29.3 Å². The predicted octanol–water partition coefficient (Wildman–Crippen LogP) is 3.54. The molecule has 0 unspecified atom stereocenters. The number of morpholine rings is 1. The lowest BCUT2D eigenvalue weighted by Gasteiger charge is -2.27. The summed E-state index contributed by atoms with van der Waals surface area (Å²) in [5, 5.41) is 11.2. The van der Waals surface area contributed by atoms with E-state index in [-0.39, 0.29) is 23.6 Å². The van der Waals surface area contributed by atoms with Crippen molar-refractivity contribution in [3.63, 3.8) is 0 Å². The molecule has 0 saturated carbocycles. The number of esters is 1. The van der Waals surface area contributed by atoms with Crippen molar-refractivity contribution in [1.29, 1.82) is 0 Å². The van der Waals surface area contributed by atoms with Crippen LogP contribution in [0.3, 0.4) is 0 Å². The Balaban J connectivity index is 1.75. The summed E-state index contributed by atoms with van der Waals surface area (Å²) in [6.07, 6.45) is 0. The SMILES string of the molecule is CC(C)(OC(=O)c1ccc([N+](=O)[O-])cc1OCCN1CCOCC1)c1ccc(F)cc1. The van der Waals surface area contributed by atoms with Crippen LogP contribution < -0.4 is 4.74 Å². The van der Waals surface area contributed by atoms with Gasteiger partial charge in [0.05, 0.1) is 24.2 Å². The summed E-state index contributed by atoms with van der Waals surface area (Å²) in [6, 6.07) is 9.44. The van der Waals surface area contributed by atoms with Gasteiger partial charge < -0.3 is 14.2 Å². The fourth-order valence-electron chi connectivity index (χ4n) is 3.22. The lowest BCUT2D eigenvalue weighted by atomic mass is 9.98. The van der Waals surface area contributed by atoms with Gasteiger partial charge in [0.25, 0.3) is 5.69 Å². The van der Waals surface area contributed by atoms with E-state index in [2.05, 4.69) is 4.90 Å². The van der Waals surface area contributed by atoms with Crippen LogP contribution in [-0.2, 0) is 15.1 Å². The van der Waals surface area contributed by atoms with Gasteiger partial charge in [0, 0.05) is 25.7 Å². The first-order chi connectivity index (χ1) is 14.8. The Morgan fingerprint density at radius 3 is 2.52 bits per heavy atom. The largest absolute Gasteiger partial charge is 0.491 e. The molecule has 2 aromatic rings. The Labute approximate surface area is 179 Å². The topological polar surface area (TPSA) is 91.1 Å². The zero-order valence-electron chi connectivity index (χ0n) is 17.5. The summed E-state index contributed by atoms with van der Waals surface area (Å²) >= 11 is 0. The minimum atomic E-state index is -1.04. The highest BCUT2D eigenvalue weighted by atomic mass is 19.1. The molecule has 0 amide bonds. The number of carbonyl (C=O) groups is 1. The van der Waals surface area contributed by atoms with E-state index in [1.165, 1.54) is 42.5 Å². The molecule has 9 heteroatoms. The van der Waals surface area contributed by atoms with Crippen LogP contribution in [0.1, 0.15) is 29.8 Å². The molecule has 0 N–H and O–H groups in total. The van der Waals surface area contributed by atoms with Gasteiger partial charge in [-0.05, 0) is 37.6 Å². The number of hydrogen-bond donors (Lipinski definition) is 0. The van der Waals surface area contributed by atoms with E-state index in [1.54, 1.807) is 13.8 Å². The van der Waals surface area contributed by atoms with E-state index in [4.69, 9.17) is 14.2 Å². The maximum atomic E-state index is 13.2. The van der Waals surface area contributed by atoms with Crippen molar-refractivity contribution in [3.8, 4) is 5.75 Å². The zero-order valence-corrected chi connectivity index (χ0v) is 17.5. The molecule has 1 aliphatic rings. The summed E-state index contributed by atoms with van der Waals surface area (Å²) in [5.74, 6) is -0.995. The third kappa shape index (κ3) is 5.99. The normalized spacial score (nSPS) is 14.8. The molecule has 0 spiro atoms. The summed E-state index contributed by atoms with van der Waals surface area (Å²) < 4.78 is 29.9. The highest BCUT2D eigenvalue weighted by Crippen LogP contribution is 2.30. The Kier molecular flexibility index (Phi) is 7.19. The average Bonchev–Trinajstić information content (AvgIpc) is 2.74. The number of non-ortho nitro benzene ring substituents is 1. The number of nitrogens with zero attached hydrogens (tertiary/aromatic N) is 2. The van der Waals surface area contributed by atoms with E-state index in [0.717, 1.165) is 13.1 Å². The van der Waals surface area contributed by atoms with Crippen molar-refractivity contribution < 1.29 is 28.3 Å². The second-order valence-corrected chi connectivity index (χ2v) is 7.65. The van der Waals surface area contributed by atoms with Crippen LogP contribution in [0.5, 0.6) is 5.75 Å². The van der Waals surface area contributed by atoms with Gasteiger partial charge in [-0.1, -0.05) is 12.1 Å². The summed E-state index contributed by atoms with van der Waals surface area (Å²) in [4.78, 5) is 25.7. The van der Waals surface area contributed by atoms with Gasteiger partial charge in [0.2, 0.25) is 0 Å². The third-order valence-electron chi connectivity index (χ3n) is 5.05. The highest BCUT2D eigenvalue weighted by Gasteiger charge is 2.28. The number of ether oxygens (including phenoxy) is 3. The second kappa shape index (κ2) is 9.84. The average molecular weight is 432 g/mol. The molecule has 2 aromatic carbocycles. The number of hydrogen-bond acceptors (Lipinski definition) is 7. The Hall–Kier alpha value is -3.04. The maximum absolute atomic E-state index is 13.2. The van der Waals surface area contributed by atoms with Crippen molar-refractivity contribution in [2.75, 3.05) is 39.5 Å². The van der Waals surface area contributed by atoms with Crippen molar-refractivity contribution in [2.24, 2.45) is 0 Å². The van der Waals surface area contributed by atoms with Crippen molar-refractivity contribution >= 4 is 11.7 Å². The first-order valence-electron chi connectivity index (χ1n) is 9.97. The highest BCUT2D eigenvalue weighted by molar-refractivity contribution is 5.93. The first kappa shape index (κ1) is 22.6. The number of nitro groups is 1. The molecule has 0 bridgehead atoms. The fourth-order valence-corrected chi connectivity index (χ4v) is 3.22. The first-order valence-corrected chi connectivity index (χ1v) is 9.97. The van der Waals surface area contributed by atoms with Gasteiger partial charge in [-0.15, -0.1) is 0 Å². The summed E-state index contributed by atoms with van der Waals surface area (Å²) in [6.45, 7) is 7.06. The van der Waals surface area contributed by atoms with E-state index in [9.17, 15) is 19.3 Å². The zero-order chi connectivity index (χ0) is 22.4. The number of nitro benzene ring substituents is 1. The molecule has 1 aliphatic heterocycles. The molecule has 0 aliphatic carbocycles. The van der Waals surface area contributed by atoms with Crippen LogP contribution >= 0.6 is 0 Å². The van der Waals surface area contributed by atoms with Crippen LogP contribution in [0.25, 0.3) is 0 Å². The lowest BCUT2D eigenvalue weighted by molar-refractivity contribution is -0.384. The lowest BCUT2D eigenvalue weighted by Crippen LogP contribution is -2.38. The van der Waals surface area contributed by atoms with Crippen LogP contribution in [0.15, 0.2) is 42.5 Å². The van der Waals surface area contributed by atoms with Gasteiger partial charge >= 0.3 is 5.97 Å². The summed E-state index contributed by atoms with van der Waals surface area (Å²) in [7, 11) is 0. The molecule has 1 saturated heterocycles. The van der Waals surface area contributed by atoms with Gasteiger partial charge in [-0.25, -0.2) is 9.18 Å². The number of rotatable bonds is 8. The summed E-state index contributed by atoms with van der Waals surface area (Å²) in [5.41, 5.74) is -0.533. The van der Waals surface area contributed by atoms with Crippen LogP contribution in [-0.4, -0.2) is 55.2 Å². The Bertz CT molecular complexity index is 926. The minimum absolute atomic E-state index is 0.0855. The molecule has 1 heterocycles. The van der Waals surface area contributed by atoms with Crippen molar-refractivity contribution in [2.45, 2.75) is 19.4 Å². The second-order valence-electron chi connectivity index (χ2n) is 7.65. The van der Waals surface area contributed by atoms with Gasteiger partial charge in [-0.3, -0.25) is 15.0 Å². The number of halogens is 1. The van der Waals surface area contributed by atoms with Crippen molar-refractivity contribution in [3.05, 3.63) is 69.5 Å². The van der Waals surface area contributed by atoms with E-state index < -0.39 is 22.3 Å². The van der Waals surface area contributed by atoms with Gasteiger partial charge in [0.15, 0.2) is 0 Å². The monoisotopic (exact) mass is 432 g/mol.